The number of aromatic nitrogens is 2. The van der Waals surface area contributed by atoms with Crippen molar-refractivity contribution in [3.63, 3.8) is 0 Å². The third kappa shape index (κ3) is 1.71. The van der Waals surface area contributed by atoms with Crippen molar-refractivity contribution >= 4 is 0 Å². The first-order valence-corrected chi connectivity index (χ1v) is 5.86. The summed E-state index contributed by atoms with van der Waals surface area (Å²) in [5.41, 5.74) is 6.83. The molecule has 0 bridgehead atoms. The highest BCUT2D eigenvalue weighted by atomic mass is 19.1. The van der Waals surface area contributed by atoms with E-state index in [0.717, 1.165) is 24.6 Å². The van der Waals surface area contributed by atoms with E-state index in [4.69, 9.17) is 5.73 Å². The Bertz CT molecular complexity index is 588. The molecule has 94 valence electrons. The first kappa shape index (κ1) is 11.3. The average Bonchev–Trinajstić information content (AvgIpc) is 3.00. The van der Waals surface area contributed by atoms with Crippen LogP contribution in [0.15, 0.2) is 30.5 Å². The zero-order valence-electron chi connectivity index (χ0n) is 9.74. The maximum absolute atomic E-state index is 13.6. The smallest absolute Gasteiger partial charge is 0.151 e. The van der Waals surface area contributed by atoms with Crippen molar-refractivity contribution in [1.29, 1.82) is 0 Å². The molecule has 1 aromatic carbocycles. The number of hydrogen-bond donors (Lipinski definition) is 1. The van der Waals surface area contributed by atoms with Crippen LogP contribution in [0.5, 0.6) is 0 Å². The lowest BCUT2D eigenvalue weighted by molar-refractivity contribution is 0.571. The highest BCUT2D eigenvalue weighted by molar-refractivity contribution is 5.34. The fourth-order valence-electron chi connectivity index (χ4n) is 2.12. The van der Waals surface area contributed by atoms with Crippen molar-refractivity contribution in [1.82, 2.24) is 9.78 Å². The maximum Gasteiger partial charge on any atom is 0.151 e. The summed E-state index contributed by atoms with van der Waals surface area (Å²) in [6, 6.07) is 5.30. The second-order valence-electron chi connectivity index (χ2n) is 4.73. The first-order chi connectivity index (χ1) is 8.64. The van der Waals surface area contributed by atoms with Gasteiger partial charge in [0.2, 0.25) is 0 Å². The Balaban J connectivity index is 1.98. The Kier molecular flexibility index (Phi) is 2.45. The second kappa shape index (κ2) is 3.88. The van der Waals surface area contributed by atoms with Gasteiger partial charge in [-0.2, -0.15) is 5.10 Å². The van der Waals surface area contributed by atoms with Crippen molar-refractivity contribution in [2.24, 2.45) is 5.73 Å². The normalized spacial score (nSPS) is 16.8. The van der Waals surface area contributed by atoms with Gasteiger partial charge in [0.1, 0.15) is 11.5 Å². The highest BCUT2D eigenvalue weighted by Gasteiger charge is 2.44. The van der Waals surface area contributed by atoms with Crippen molar-refractivity contribution < 1.29 is 8.78 Å². The van der Waals surface area contributed by atoms with E-state index < -0.39 is 11.6 Å². The van der Waals surface area contributed by atoms with E-state index in [-0.39, 0.29) is 11.1 Å². The molecule has 1 heterocycles. The minimum atomic E-state index is -0.623. The lowest BCUT2D eigenvalue weighted by atomic mass is 10.0. The molecule has 3 nitrogen and oxygen atoms in total. The minimum absolute atomic E-state index is 0.0260. The van der Waals surface area contributed by atoms with Crippen LogP contribution in [0, 0.1) is 11.6 Å². The van der Waals surface area contributed by atoms with E-state index in [1.54, 1.807) is 6.20 Å². The van der Waals surface area contributed by atoms with Crippen molar-refractivity contribution in [3.8, 4) is 5.69 Å². The predicted molar refractivity (Wildman–Crippen MR) is 63.4 cm³/mol. The molecular weight excluding hydrogens is 236 g/mol. The highest BCUT2D eigenvalue weighted by Crippen LogP contribution is 2.46. The summed E-state index contributed by atoms with van der Waals surface area (Å²) in [4.78, 5) is 0. The molecule has 0 spiro atoms. The monoisotopic (exact) mass is 249 g/mol. The van der Waals surface area contributed by atoms with Gasteiger partial charge < -0.3 is 5.73 Å². The van der Waals surface area contributed by atoms with E-state index in [2.05, 4.69) is 5.10 Å². The summed E-state index contributed by atoms with van der Waals surface area (Å²) < 4.78 is 27.9. The minimum Gasteiger partial charge on any atom is -0.330 e. The summed E-state index contributed by atoms with van der Waals surface area (Å²) in [5.74, 6) is -1.22. The maximum atomic E-state index is 13.6. The van der Waals surface area contributed by atoms with E-state index in [9.17, 15) is 8.78 Å². The molecule has 2 N–H and O–H groups in total. The van der Waals surface area contributed by atoms with E-state index >= 15 is 0 Å². The van der Waals surface area contributed by atoms with Crippen molar-refractivity contribution in [2.75, 3.05) is 6.54 Å². The van der Waals surface area contributed by atoms with Crippen LogP contribution in [0.4, 0.5) is 8.78 Å². The zero-order chi connectivity index (χ0) is 12.8. The Labute approximate surface area is 103 Å². The van der Waals surface area contributed by atoms with E-state index in [1.165, 1.54) is 16.8 Å². The molecule has 0 atom stereocenters. The molecule has 2 aromatic rings. The Morgan fingerprint density at radius 3 is 2.67 bits per heavy atom. The lowest BCUT2D eigenvalue weighted by Crippen LogP contribution is -2.20. The van der Waals surface area contributed by atoms with Crippen LogP contribution in [-0.4, -0.2) is 16.3 Å². The molecule has 0 saturated heterocycles. The molecule has 3 rings (SSSR count). The molecule has 0 unspecified atom stereocenters. The van der Waals surface area contributed by atoms with Crippen LogP contribution in [0.3, 0.4) is 0 Å². The van der Waals surface area contributed by atoms with Gasteiger partial charge in [-0.1, -0.05) is 0 Å². The summed E-state index contributed by atoms with van der Waals surface area (Å²) >= 11 is 0. The number of rotatable bonds is 3. The van der Waals surface area contributed by atoms with Gasteiger partial charge in [0.05, 0.1) is 5.69 Å². The quantitative estimate of drug-likeness (QED) is 0.905. The molecule has 0 aliphatic heterocycles. The van der Waals surface area contributed by atoms with Crippen LogP contribution in [0.1, 0.15) is 18.5 Å². The number of nitrogens with two attached hydrogens (primary N) is 1. The molecular formula is C13H13F2N3. The molecule has 1 aliphatic carbocycles. The number of nitrogens with zero attached hydrogens (tertiary/aromatic N) is 2. The van der Waals surface area contributed by atoms with Gasteiger partial charge in [0.25, 0.3) is 0 Å². The summed E-state index contributed by atoms with van der Waals surface area (Å²) in [6.45, 7) is 0.552. The van der Waals surface area contributed by atoms with Gasteiger partial charge in [-0.3, -0.25) is 0 Å². The average molecular weight is 249 g/mol. The molecule has 1 aromatic heterocycles. The van der Waals surface area contributed by atoms with Gasteiger partial charge in [0.15, 0.2) is 5.82 Å². The molecule has 1 saturated carbocycles. The van der Waals surface area contributed by atoms with Gasteiger partial charge in [-0.15, -0.1) is 0 Å². The number of halogens is 2. The van der Waals surface area contributed by atoms with E-state index in [0.29, 0.717) is 6.54 Å². The second-order valence-corrected chi connectivity index (χ2v) is 4.73. The van der Waals surface area contributed by atoms with Gasteiger partial charge in [-0.05, 0) is 31.0 Å². The summed E-state index contributed by atoms with van der Waals surface area (Å²) in [5, 5.41) is 4.35. The summed E-state index contributed by atoms with van der Waals surface area (Å²) in [7, 11) is 0. The molecule has 18 heavy (non-hydrogen) atoms. The lowest BCUT2D eigenvalue weighted by Gasteiger charge is -2.08. The Morgan fingerprint density at radius 2 is 2.06 bits per heavy atom. The van der Waals surface area contributed by atoms with Crippen LogP contribution < -0.4 is 5.73 Å². The Morgan fingerprint density at radius 1 is 1.28 bits per heavy atom. The molecule has 1 aliphatic rings. The fraction of sp³-hybridized carbons (Fsp3) is 0.308. The van der Waals surface area contributed by atoms with Crippen molar-refractivity contribution in [2.45, 2.75) is 18.3 Å². The molecule has 5 heteroatoms. The standard InChI is InChI=1S/C13H13F2N3/c14-9-1-2-11(10(15)7-9)18-6-3-12(17-18)13(8-16)4-5-13/h1-3,6-7H,4-5,8,16H2. The van der Waals surface area contributed by atoms with Gasteiger partial charge in [-0.25, -0.2) is 13.5 Å². The zero-order valence-corrected chi connectivity index (χ0v) is 9.74. The third-order valence-electron chi connectivity index (χ3n) is 3.53. The van der Waals surface area contributed by atoms with Gasteiger partial charge >= 0.3 is 0 Å². The molecule has 0 radical (unpaired) electrons. The molecule has 0 amide bonds. The third-order valence-corrected chi connectivity index (χ3v) is 3.53. The Hall–Kier alpha value is -1.75. The summed E-state index contributed by atoms with van der Waals surface area (Å²) in [6.07, 6.45) is 3.72. The topological polar surface area (TPSA) is 43.8 Å². The largest absolute Gasteiger partial charge is 0.330 e. The van der Waals surface area contributed by atoms with E-state index in [1.807, 2.05) is 6.07 Å². The van der Waals surface area contributed by atoms with Crippen molar-refractivity contribution in [3.05, 3.63) is 47.8 Å². The van der Waals surface area contributed by atoms with Crippen LogP contribution >= 0.6 is 0 Å². The predicted octanol–water partition coefficient (Wildman–Crippen LogP) is 2.14. The molecule has 1 fully saturated rings. The number of benzene rings is 1. The SMILES string of the molecule is NCC1(c2ccn(-c3ccc(F)cc3F)n2)CC1. The fourth-order valence-corrected chi connectivity index (χ4v) is 2.12. The van der Waals surface area contributed by atoms with Crippen LogP contribution in [0.2, 0.25) is 0 Å². The first-order valence-electron chi connectivity index (χ1n) is 5.86. The number of hydrogen-bond acceptors (Lipinski definition) is 2. The van der Waals surface area contributed by atoms with Gasteiger partial charge in [0, 0.05) is 24.2 Å². The van der Waals surface area contributed by atoms with Crippen LogP contribution in [-0.2, 0) is 5.41 Å². The van der Waals surface area contributed by atoms with Crippen LogP contribution in [0.25, 0.3) is 5.69 Å².